The Bertz CT molecular complexity index is 297. The lowest BCUT2D eigenvalue weighted by atomic mass is 10.0. The Hall–Kier alpha value is -0.540. The highest BCUT2D eigenvalue weighted by Gasteiger charge is 2.09. The molecule has 0 unspecified atom stereocenters. The topological polar surface area (TPSA) is 46.2 Å². The average molecular weight is 230 g/mol. The fourth-order valence-corrected chi connectivity index (χ4v) is 1.70. The van der Waals surface area contributed by atoms with Crippen LogP contribution < -0.4 is 5.73 Å². The molecule has 0 heterocycles. The first kappa shape index (κ1) is 9.55. The number of hydrogen-bond acceptors (Lipinski definition) is 2. The van der Waals surface area contributed by atoms with Gasteiger partial charge in [-0.3, -0.25) is 0 Å². The molecule has 1 aromatic carbocycles. The molecule has 0 bridgehead atoms. The number of halogens is 1. The van der Waals surface area contributed by atoms with Gasteiger partial charge in [0.25, 0.3) is 0 Å². The molecule has 1 rings (SSSR count). The van der Waals surface area contributed by atoms with E-state index >= 15 is 0 Å². The van der Waals surface area contributed by atoms with Crippen LogP contribution in [0.4, 0.5) is 0 Å². The van der Waals surface area contributed by atoms with Crippen molar-refractivity contribution in [3.05, 3.63) is 27.7 Å². The third-order valence-corrected chi connectivity index (χ3v) is 2.24. The van der Waals surface area contributed by atoms with E-state index < -0.39 is 0 Å². The first-order valence-electron chi connectivity index (χ1n) is 3.77. The molecule has 1 atom stereocenters. The maximum Gasteiger partial charge on any atom is 0.123 e. The van der Waals surface area contributed by atoms with Crippen LogP contribution in [0, 0.1) is 6.92 Å². The number of phenols is 1. The second kappa shape index (κ2) is 3.46. The molecule has 0 fully saturated rings. The lowest BCUT2D eigenvalue weighted by Gasteiger charge is -2.10. The third-order valence-electron chi connectivity index (χ3n) is 1.79. The Morgan fingerprint density at radius 1 is 1.50 bits per heavy atom. The van der Waals surface area contributed by atoms with E-state index in [0.29, 0.717) is 5.75 Å². The number of rotatable bonds is 1. The van der Waals surface area contributed by atoms with Gasteiger partial charge in [0.05, 0.1) is 0 Å². The Labute approximate surface area is 80.5 Å². The SMILES string of the molecule is Cc1cc(Br)cc([C@H](C)N)c1O. The minimum Gasteiger partial charge on any atom is -0.507 e. The van der Waals surface area contributed by atoms with Gasteiger partial charge in [0.15, 0.2) is 0 Å². The number of benzene rings is 1. The second-order valence-corrected chi connectivity index (χ2v) is 3.86. The molecular formula is C9H12BrNO. The predicted octanol–water partition coefficient (Wildman–Crippen LogP) is 2.48. The van der Waals surface area contributed by atoms with Crippen molar-refractivity contribution in [3.8, 4) is 5.75 Å². The van der Waals surface area contributed by atoms with Gasteiger partial charge in [0, 0.05) is 16.1 Å². The quantitative estimate of drug-likeness (QED) is 0.778. The van der Waals surface area contributed by atoms with Gasteiger partial charge in [0.1, 0.15) is 5.75 Å². The summed E-state index contributed by atoms with van der Waals surface area (Å²) in [4.78, 5) is 0. The van der Waals surface area contributed by atoms with Crippen LogP contribution in [-0.2, 0) is 0 Å². The van der Waals surface area contributed by atoms with E-state index in [4.69, 9.17) is 5.73 Å². The zero-order valence-corrected chi connectivity index (χ0v) is 8.72. The van der Waals surface area contributed by atoms with E-state index in [2.05, 4.69) is 15.9 Å². The Morgan fingerprint density at radius 3 is 2.58 bits per heavy atom. The fraction of sp³-hybridized carbons (Fsp3) is 0.333. The number of phenolic OH excluding ortho intramolecular Hbond substituents is 1. The summed E-state index contributed by atoms with van der Waals surface area (Å²) >= 11 is 3.35. The number of aromatic hydroxyl groups is 1. The monoisotopic (exact) mass is 229 g/mol. The minimum absolute atomic E-state index is 0.138. The maximum absolute atomic E-state index is 9.59. The van der Waals surface area contributed by atoms with Gasteiger partial charge >= 0.3 is 0 Å². The summed E-state index contributed by atoms with van der Waals surface area (Å²) < 4.78 is 0.949. The van der Waals surface area contributed by atoms with E-state index in [1.54, 1.807) is 0 Å². The van der Waals surface area contributed by atoms with Gasteiger partial charge < -0.3 is 10.8 Å². The standard InChI is InChI=1S/C9H12BrNO/c1-5-3-7(10)4-8(6(2)11)9(5)12/h3-4,6,12H,11H2,1-2H3/t6-/m0/s1. The molecule has 0 amide bonds. The lowest BCUT2D eigenvalue weighted by Crippen LogP contribution is -2.05. The number of aryl methyl sites for hydroxylation is 1. The normalized spacial score (nSPS) is 13.0. The molecule has 0 radical (unpaired) electrons. The molecule has 3 heteroatoms. The van der Waals surface area contributed by atoms with Gasteiger partial charge in [-0.15, -0.1) is 0 Å². The average Bonchev–Trinajstić information content (AvgIpc) is 1.96. The predicted molar refractivity (Wildman–Crippen MR) is 53.1 cm³/mol. The van der Waals surface area contributed by atoms with Crippen LogP contribution in [-0.4, -0.2) is 5.11 Å². The molecule has 3 N–H and O–H groups in total. The van der Waals surface area contributed by atoms with Crippen molar-refractivity contribution in [3.63, 3.8) is 0 Å². The number of hydrogen-bond donors (Lipinski definition) is 2. The summed E-state index contributed by atoms with van der Waals surface area (Å²) in [5, 5.41) is 9.59. The van der Waals surface area contributed by atoms with Crippen LogP contribution in [0.25, 0.3) is 0 Å². The van der Waals surface area contributed by atoms with E-state index in [-0.39, 0.29) is 6.04 Å². The molecule has 2 nitrogen and oxygen atoms in total. The van der Waals surface area contributed by atoms with Gasteiger partial charge in [-0.1, -0.05) is 15.9 Å². The van der Waals surface area contributed by atoms with E-state index in [0.717, 1.165) is 15.6 Å². The molecule has 0 aliphatic carbocycles. The summed E-state index contributed by atoms with van der Waals surface area (Å²) in [5.41, 5.74) is 7.30. The Balaban J connectivity index is 3.28. The van der Waals surface area contributed by atoms with Crippen molar-refractivity contribution in [2.45, 2.75) is 19.9 Å². The zero-order chi connectivity index (χ0) is 9.30. The Morgan fingerprint density at radius 2 is 2.08 bits per heavy atom. The Kier molecular flexibility index (Phi) is 2.75. The molecule has 0 saturated carbocycles. The van der Waals surface area contributed by atoms with Crippen LogP contribution >= 0.6 is 15.9 Å². The molecule has 0 aliphatic rings. The molecule has 0 spiro atoms. The summed E-state index contributed by atoms with van der Waals surface area (Å²) in [5.74, 6) is 0.299. The summed E-state index contributed by atoms with van der Waals surface area (Å²) in [6.07, 6.45) is 0. The van der Waals surface area contributed by atoms with Gasteiger partial charge in [-0.05, 0) is 31.5 Å². The van der Waals surface area contributed by atoms with Gasteiger partial charge in [-0.25, -0.2) is 0 Å². The van der Waals surface area contributed by atoms with Crippen molar-refractivity contribution in [1.82, 2.24) is 0 Å². The summed E-state index contributed by atoms with van der Waals surface area (Å²) in [6, 6.07) is 3.56. The smallest absolute Gasteiger partial charge is 0.123 e. The molecule has 66 valence electrons. The number of nitrogens with two attached hydrogens (primary N) is 1. The van der Waals surface area contributed by atoms with Crippen molar-refractivity contribution in [2.75, 3.05) is 0 Å². The van der Waals surface area contributed by atoms with Crippen molar-refractivity contribution in [1.29, 1.82) is 0 Å². The van der Waals surface area contributed by atoms with Crippen LogP contribution in [0.5, 0.6) is 5.75 Å². The molecule has 0 aromatic heterocycles. The fourth-order valence-electron chi connectivity index (χ4n) is 1.11. The van der Waals surface area contributed by atoms with E-state index in [9.17, 15) is 5.11 Å². The molecule has 0 saturated heterocycles. The highest BCUT2D eigenvalue weighted by molar-refractivity contribution is 9.10. The van der Waals surface area contributed by atoms with Crippen LogP contribution in [0.1, 0.15) is 24.1 Å². The zero-order valence-electron chi connectivity index (χ0n) is 7.13. The van der Waals surface area contributed by atoms with E-state index in [1.165, 1.54) is 0 Å². The first-order valence-corrected chi connectivity index (χ1v) is 4.56. The highest BCUT2D eigenvalue weighted by atomic mass is 79.9. The molecule has 0 aliphatic heterocycles. The highest BCUT2D eigenvalue weighted by Crippen LogP contribution is 2.29. The summed E-state index contributed by atoms with van der Waals surface area (Å²) in [7, 11) is 0. The van der Waals surface area contributed by atoms with Crippen LogP contribution in [0.2, 0.25) is 0 Å². The minimum atomic E-state index is -0.138. The molecule has 12 heavy (non-hydrogen) atoms. The van der Waals surface area contributed by atoms with Crippen LogP contribution in [0.15, 0.2) is 16.6 Å². The van der Waals surface area contributed by atoms with E-state index in [1.807, 2.05) is 26.0 Å². The third kappa shape index (κ3) is 1.79. The molecule has 1 aromatic rings. The molecular weight excluding hydrogens is 218 g/mol. The van der Waals surface area contributed by atoms with Crippen LogP contribution in [0.3, 0.4) is 0 Å². The largest absolute Gasteiger partial charge is 0.507 e. The van der Waals surface area contributed by atoms with Crippen molar-refractivity contribution in [2.24, 2.45) is 5.73 Å². The van der Waals surface area contributed by atoms with Gasteiger partial charge in [-0.2, -0.15) is 0 Å². The summed E-state index contributed by atoms with van der Waals surface area (Å²) in [6.45, 7) is 3.70. The van der Waals surface area contributed by atoms with Gasteiger partial charge in [0.2, 0.25) is 0 Å². The lowest BCUT2D eigenvalue weighted by molar-refractivity contribution is 0.459. The van der Waals surface area contributed by atoms with Crippen molar-refractivity contribution >= 4 is 15.9 Å². The van der Waals surface area contributed by atoms with Crippen molar-refractivity contribution < 1.29 is 5.11 Å². The second-order valence-electron chi connectivity index (χ2n) is 2.95. The first-order chi connectivity index (χ1) is 5.52. The maximum atomic E-state index is 9.59.